The van der Waals surface area contributed by atoms with Crippen LogP contribution in [0.5, 0.6) is 0 Å². The molecule has 0 fully saturated rings. The summed E-state index contributed by atoms with van der Waals surface area (Å²) in [6.07, 6.45) is 0.899. The van der Waals surface area contributed by atoms with Gasteiger partial charge in [0.1, 0.15) is 4.34 Å². The van der Waals surface area contributed by atoms with E-state index in [1.807, 2.05) is 6.07 Å². The molecule has 74 valence electrons. The number of nitrogens with two attached hydrogens (primary N) is 1. The number of thiophene rings is 1. The van der Waals surface area contributed by atoms with Crippen molar-refractivity contribution in [2.24, 2.45) is 5.73 Å². The van der Waals surface area contributed by atoms with Gasteiger partial charge in [0.15, 0.2) is 0 Å². The molecular formula is C8H11BrClNOS. The maximum absolute atomic E-state index is 5.88. The third kappa shape index (κ3) is 3.95. The van der Waals surface area contributed by atoms with Crippen LogP contribution < -0.4 is 5.73 Å². The zero-order chi connectivity index (χ0) is 9.68. The quantitative estimate of drug-likeness (QED) is 0.844. The van der Waals surface area contributed by atoms with Gasteiger partial charge in [-0.05, 0) is 22.0 Å². The first kappa shape index (κ1) is 11.5. The molecule has 1 rings (SSSR count). The molecule has 5 heteroatoms. The molecule has 0 spiro atoms. The van der Waals surface area contributed by atoms with Crippen LogP contribution in [0.2, 0.25) is 4.34 Å². The van der Waals surface area contributed by atoms with Crippen molar-refractivity contribution in [2.75, 3.05) is 19.8 Å². The molecule has 0 unspecified atom stereocenters. The first-order chi connectivity index (χ1) is 6.24. The fraction of sp³-hybridized carbons (Fsp3) is 0.500. The maximum Gasteiger partial charge on any atom is 0.107 e. The Morgan fingerprint density at radius 2 is 2.31 bits per heavy atom. The molecule has 1 aromatic rings. The first-order valence-electron chi connectivity index (χ1n) is 3.95. The minimum Gasteiger partial charge on any atom is -0.380 e. The summed E-state index contributed by atoms with van der Waals surface area (Å²) < 4.78 is 7.02. The molecule has 0 atom stereocenters. The molecular weight excluding hydrogens is 274 g/mol. The molecule has 2 nitrogen and oxygen atoms in total. The van der Waals surface area contributed by atoms with Gasteiger partial charge in [0.2, 0.25) is 0 Å². The average molecular weight is 285 g/mol. The summed E-state index contributed by atoms with van der Waals surface area (Å²) in [4.78, 5) is 1.23. The Hall–Kier alpha value is 0.390. The number of ether oxygens (including phenoxy) is 1. The van der Waals surface area contributed by atoms with E-state index in [0.29, 0.717) is 19.8 Å². The van der Waals surface area contributed by atoms with E-state index in [9.17, 15) is 0 Å². The zero-order valence-corrected chi connectivity index (χ0v) is 10.2. The van der Waals surface area contributed by atoms with Crippen LogP contribution in [0.15, 0.2) is 10.5 Å². The van der Waals surface area contributed by atoms with E-state index in [2.05, 4.69) is 15.9 Å². The Morgan fingerprint density at radius 3 is 2.85 bits per heavy atom. The van der Waals surface area contributed by atoms with Crippen LogP contribution in [0.25, 0.3) is 0 Å². The molecule has 0 aliphatic rings. The topological polar surface area (TPSA) is 35.2 Å². The van der Waals surface area contributed by atoms with Crippen molar-refractivity contribution in [3.63, 3.8) is 0 Å². The summed E-state index contributed by atoms with van der Waals surface area (Å²) >= 11 is 10.8. The molecule has 1 aromatic heterocycles. The Bertz CT molecular complexity index is 247. The highest BCUT2D eigenvalue weighted by Crippen LogP contribution is 2.32. The number of halogens is 2. The minimum absolute atomic E-state index is 0.578. The van der Waals surface area contributed by atoms with E-state index in [-0.39, 0.29) is 0 Å². The second-order valence-corrected chi connectivity index (χ2v) is 5.08. The number of rotatable bonds is 5. The summed E-state index contributed by atoms with van der Waals surface area (Å²) in [5, 5.41) is 0. The summed E-state index contributed by atoms with van der Waals surface area (Å²) in [5.74, 6) is 0. The van der Waals surface area contributed by atoms with E-state index in [0.717, 1.165) is 15.2 Å². The molecule has 2 N–H and O–H groups in total. The highest BCUT2D eigenvalue weighted by atomic mass is 79.9. The van der Waals surface area contributed by atoms with E-state index in [4.69, 9.17) is 22.1 Å². The third-order valence-corrected chi connectivity index (χ3v) is 3.99. The van der Waals surface area contributed by atoms with Gasteiger partial charge in [-0.1, -0.05) is 11.6 Å². The summed E-state index contributed by atoms with van der Waals surface area (Å²) in [6.45, 7) is 1.91. The van der Waals surface area contributed by atoms with Gasteiger partial charge < -0.3 is 10.5 Å². The molecule has 0 saturated carbocycles. The van der Waals surface area contributed by atoms with Crippen LogP contribution in [0.1, 0.15) is 4.88 Å². The zero-order valence-electron chi connectivity index (χ0n) is 7.06. The molecule has 0 amide bonds. The van der Waals surface area contributed by atoms with Crippen LogP contribution >= 0.6 is 38.9 Å². The van der Waals surface area contributed by atoms with E-state index < -0.39 is 0 Å². The molecule has 0 aliphatic heterocycles. The molecule has 0 saturated heterocycles. The molecule has 0 radical (unpaired) electrons. The van der Waals surface area contributed by atoms with Crippen LogP contribution in [0.4, 0.5) is 0 Å². The predicted octanol–water partition coefficient (Wildman–Crippen LogP) is 2.68. The monoisotopic (exact) mass is 283 g/mol. The van der Waals surface area contributed by atoms with Crippen LogP contribution in [-0.2, 0) is 11.2 Å². The molecule has 0 aliphatic carbocycles. The Balaban J connectivity index is 2.29. The van der Waals surface area contributed by atoms with Crippen molar-refractivity contribution in [3.8, 4) is 0 Å². The Morgan fingerprint density at radius 1 is 1.54 bits per heavy atom. The van der Waals surface area contributed by atoms with Crippen LogP contribution in [-0.4, -0.2) is 19.8 Å². The van der Waals surface area contributed by atoms with Crippen molar-refractivity contribution >= 4 is 38.9 Å². The lowest BCUT2D eigenvalue weighted by Crippen LogP contribution is -2.09. The lowest BCUT2D eigenvalue weighted by molar-refractivity contribution is 0.145. The van der Waals surface area contributed by atoms with Gasteiger partial charge in [-0.15, -0.1) is 11.3 Å². The number of hydrogen-bond acceptors (Lipinski definition) is 3. The van der Waals surface area contributed by atoms with Gasteiger partial charge >= 0.3 is 0 Å². The van der Waals surface area contributed by atoms with Gasteiger partial charge in [0, 0.05) is 22.3 Å². The van der Waals surface area contributed by atoms with Crippen molar-refractivity contribution < 1.29 is 4.74 Å². The van der Waals surface area contributed by atoms with E-state index >= 15 is 0 Å². The highest BCUT2D eigenvalue weighted by molar-refractivity contribution is 9.10. The smallest absolute Gasteiger partial charge is 0.107 e. The molecule has 0 aromatic carbocycles. The highest BCUT2D eigenvalue weighted by Gasteiger charge is 2.03. The normalized spacial score (nSPS) is 10.7. The van der Waals surface area contributed by atoms with Crippen molar-refractivity contribution in [2.45, 2.75) is 6.42 Å². The van der Waals surface area contributed by atoms with Crippen LogP contribution in [0.3, 0.4) is 0 Å². The molecule has 0 bridgehead atoms. The lowest BCUT2D eigenvalue weighted by Gasteiger charge is -1.99. The second-order valence-electron chi connectivity index (χ2n) is 2.49. The van der Waals surface area contributed by atoms with Gasteiger partial charge in [-0.3, -0.25) is 0 Å². The Labute approximate surface area is 95.2 Å². The lowest BCUT2D eigenvalue weighted by atomic mass is 10.4. The summed E-state index contributed by atoms with van der Waals surface area (Å²) in [7, 11) is 0. The van der Waals surface area contributed by atoms with Crippen LogP contribution in [0, 0.1) is 0 Å². The number of hydrogen-bond donors (Lipinski definition) is 1. The SMILES string of the molecule is NCCOCCc1cc(Br)c(Cl)s1. The van der Waals surface area contributed by atoms with Gasteiger partial charge in [0.25, 0.3) is 0 Å². The van der Waals surface area contributed by atoms with Crippen molar-refractivity contribution in [1.82, 2.24) is 0 Å². The fourth-order valence-electron chi connectivity index (χ4n) is 0.873. The standard InChI is InChI=1S/C8H11BrClNOS/c9-7-5-6(13-8(7)10)1-3-12-4-2-11/h5H,1-4,11H2. The van der Waals surface area contributed by atoms with Crippen molar-refractivity contribution in [1.29, 1.82) is 0 Å². The first-order valence-corrected chi connectivity index (χ1v) is 5.94. The predicted molar refractivity (Wildman–Crippen MR) is 60.6 cm³/mol. The molecule has 1 heterocycles. The third-order valence-electron chi connectivity index (χ3n) is 1.45. The van der Waals surface area contributed by atoms with Gasteiger partial charge in [0.05, 0.1) is 13.2 Å². The molecule has 13 heavy (non-hydrogen) atoms. The minimum atomic E-state index is 0.578. The van der Waals surface area contributed by atoms with E-state index in [1.54, 1.807) is 11.3 Å². The van der Waals surface area contributed by atoms with Gasteiger partial charge in [-0.25, -0.2) is 0 Å². The largest absolute Gasteiger partial charge is 0.380 e. The maximum atomic E-state index is 5.88. The van der Waals surface area contributed by atoms with Crippen molar-refractivity contribution in [3.05, 3.63) is 19.8 Å². The Kier molecular flexibility index (Phi) is 5.28. The summed E-state index contributed by atoms with van der Waals surface area (Å²) in [6, 6.07) is 2.03. The second kappa shape index (κ2) is 5.98. The summed E-state index contributed by atoms with van der Waals surface area (Å²) in [5.41, 5.74) is 5.29. The van der Waals surface area contributed by atoms with E-state index in [1.165, 1.54) is 4.88 Å². The average Bonchev–Trinajstić information content (AvgIpc) is 2.41. The van der Waals surface area contributed by atoms with Gasteiger partial charge in [-0.2, -0.15) is 0 Å². The fourth-order valence-corrected chi connectivity index (χ4v) is 2.64.